The van der Waals surface area contributed by atoms with Crippen LogP contribution in [0.15, 0.2) is 42.5 Å². The smallest absolute Gasteiger partial charge is 0.251 e. The van der Waals surface area contributed by atoms with Gasteiger partial charge >= 0.3 is 0 Å². The van der Waals surface area contributed by atoms with E-state index < -0.39 is 0 Å². The summed E-state index contributed by atoms with van der Waals surface area (Å²) >= 11 is 0. The van der Waals surface area contributed by atoms with E-state index in [-0.39, 0.29) is 5.91 Å². The summed E-state index contributed by atoms with van der Waals surface area (Å²) in [7, 11) is 1.60. The Bertz CT molecular complexity index is 702. The van der Waals surface area contributed by atoms with Gasteiger partial charge in [0.05, 0.1) is 18.7 Å². The van der Waals surface area contributed by atoms with E-state index in [0.717, 1.165) is 16.9 Å². The highest BCUT2D eigenvalue weighted by Crippen LogP contribution is 2.19. The number of amides is 1. The summed E-state index contributed by atoms with van der Waals surface area (Å²) in [6.07, 6.45) is 0. The van der Waals surface area contributed by atoms with Gasteiger partial charge in [-0.3, -0.25) is 4.79 Å². The van der Waals surface area contributed by atoms with Gasteiger partial charge in [0.15, 0.2) is 0 Å². The summed E-state index contributed by atoms with van der Waals surface area (Å²) in [5, 5.41) is 11.7. The predicted molar refractivity (Wildman–Crippen MR) is 80.1 cm³/mol. The highest BCUT2D eigenvalue weighted by atomic mass is 16.5. The lowest BCUT2D eigenvalue weighted by molar-refractivity contribution is 0.0950. The van der Waals surface area contributed by atoms with E-state index in [9.17, 15) is 4.79 Å². The molecule has 2 rings (SSSR count). The number of ether oxygens (including phenoxy) is 1. The Kier molecular flexibility index (Phi) is 4.57. The second-order valence-electron chi connectivity index (χ2n) is 4.69. The van der Waals surface area contributed by atoms with E-state index in [1.54, 1.807) is 31.4 Å². The molecule has 0 aliphatic carbocycles. The highest BCUT2D eigenvalue weighted by Gasteiger charge is 2.08. The minimum Gasteiger partial charge on any atom is -0.496 e. The molecule has 0 spiro atoms. The fourth-order valence-corrected chi connectivity index (χ4v) is 2.05. The van der Waals surface area contributed by atoms with E-state index in [0.29, 0.717) is 17.7 Å². The van der Waals surface area contributed by atoms with Crippen molar-refractivity contribution < 1.29 is 9.53 Å². The van der Waals surface area contributed by atoms with Crippen molar-refractivity contribution in [2.45, 2.75) is 13.5 Å². The van der Waals surface area contributed by atoms with E-state index >= 15 is 0 Å². The Balaban J connectivity index is 2.11. The zero-order valence-electron chi connectivity index (χ0n) is 12.0. The monoisotopic (exact) mass is 280 g/mol. The third kappa shape index (κ3) is 3.61. The fraction of sp³-hybridized carbons (Fsp3) is 0.176. The van der Waals surface area contributed by atoms with Gasteiger partial charge in [-0.25, -0.2) is 0 Å². The van der Waals surface area contributed by atoms with Crippen LogP contribution in [0.4, 0.5) is 0 Å². The number of carbonyl (C=O) groups is 1. The van der Waals surface area contributed by atoms with Gasteiger partial charge in [0.1, 0.15) is 5.75 Å². The number of aryl methyl sites for hydroxylation is 1. The molecule has 0 bridgehead atoms. The topological polar surface area (TPSA) is 62.1 Å². The number of nitrogens with one attached hydrogen (secondary N) is 1. The fourth-order valence-electron chi connectivity index (χ4n) is 2.05. The van der Waals surface area contributed by atoms with Crippen molar-refractivity contribution in [2.24, 2.45) is 0 Å². The Morgan fingerprint density at radius 2 is 2.10 bits per heavy atom. The molecule has 2 aromatic rings. The predicted octanol–water partition coefficient (Wildman–Crippen LogP) is 2.81. The van der Waals surface area contributed by atoms with E-state index in [2.05, 4.69) is 5.32 Å². The lowest BCUT2D eigenvalue weighted by atomic mass is 10.1. The highest BCUT2D eigenvalue weighted by molar-refractivity contribution is 5.94. The van der Waals surface area contributed by atoms with Gasteiger partial charge < -0.3 is 10.1 Å². The van der Waals surface area contributed by atoms with Crippen molar-refractivity contribution >= 4 is 5.91 Å². The number of hydrogen-bond acceptors (Lipinski definition) is 3. The minimum atomic E-state index is -0.212. The summed E-state index contributed by atoms with van der Waals surface area (Å²) in [4.78, 5) is 12.1. The van der Waals surface area contributed by atoms with Gasteiger partial charge in [0.2, 0.25) is 0 Å². The lowest BCUT2D eigenvalue weighted by Crippen LogP contribution is -2.23. The molecule has 1 amide bonds. The molecule has 0 saturated heterocycles. The third-order valence-electron chi connectivity index (χ3n) is 3.13. The summed E-state index contributed by atoms with van der Waals surface area (Å²) in [5.41, 5.74) is 2.96. The maximum Gasteiger partial charge on any atom is 0.251 e. The molecule has 1 N–H and O–H groups in total. The lowest BCUT2D eigenvalue weighted by Gasteiger charge is -2.11. The number of hydrogen-bond donors (Lipinski definition) is 1. The molecular weight excluding hydrogens is 264 g/mol. The van der Waals surface area contributed by atoms with Crippen LogP contribution in [-0.4, -0.2) is 13.0 Å². The summed E-state index contributed by atoms with van der Waals surface area (Å²) < 4.78 is 5.28. The van der Waals surface area contributed by atoms with Crippen LogP contribution < -0.4 is 10.1 Å². The van der Waals surface area contributed by atoms with Gasteiger partial charge in [0, 0.05) is 17.7 Å². The zero-order chi connectivity index (χ0) is 15.2. The second kappa shape index (κ2) is 6.58. The van der Waals surface area contributed by atoms with Crippen molar-refractivity contribution in [2.75, 3.05) is 7.11 Å². The quantitative estimate of drug-likeness (QED) is 0.936. The molecule has 0 fully saturated rings. The average molecular weight is 280 g/mol. The largest absolute Gasteiger partial charge is 0.496 e. The van der Waals surface area contributed by atoms with Crippen LogP contribution in [0, 0.1) is 18.3 Å². The van der Waals surface area contributed by atoms with Crippen LogP contribution in [-0.2, 0) is 6.54 Å². The van der Waals surface area contributed by atoms with Crippen LogP contribution in [0.5, 0.6) is 5.75 Å². The number of rotatable bonds is 4. The molecule has 21 heavy (non-hydrogen) atoms. The normalized spacial score (nSPS) is 9.76. The molecule has 0 saturated carbocycles. The summed E-state index contributed by atoms with van der Waals surface area (Å²) in [6.45, 7) is 2.36. The first-order chi connectivity index (χ1) is 10.1. The molecule has 0 radical (unpaired) electrons. The van der Waals surface area contributed by atoms with E-state index in [4.69, 9.17) is 10.00 Å². The standard InChI is InChI=1S/C17H16N2O2/c1-12-6-7-16(21-2)15(8-12)11-19-17(20)14-5-3-4-13(9-14)10-18/h3-9H,11H2,1-2H3,(H,19,20). The number of nitrogens with zero attached hydrogens (tertiary/aromatic N) is 1. The number of methoxy groups -OCH3 is 1. The molecule has 0 heterocycles. The molecule has 2 aromatic carbocycles. The van der Waals surface area contributed by atoms with Crippen molar-refractivity contribution in [1.29, 1.82) is 5.26 Å². The number of benzene rings is 2. The number of nitriles is 1. The van der Waals surface area contributed by atoms with Gasteiger partial charge in [-0.15, -0.1) is 0 Å². The van der Waals surface area contributed by atoms with Gasteiger partial charge in [-0.05, 0) is 31.2 Å². The maximum absolute atomic E-state index is 12.1. The molecule has 0 atom stereocenters. The summed E-state index contributed by atoms with van der Waals surface area (Å²) in [6, 6.07) is 14.5. The zero-order valence-corrected chi connectivity index (χ0v) is 12.0. The molecular formula is C17H16N2O2. The first-order valence-corrected chi connectivity index (χ1v) is 6.56. The van der Waals surface area contributed by atoms with Gasteiger partial charge in [0.25, 0.3) is 5.91 Å². The van der Waals surface area contributed by atoms with E-state index in [1.807, 2.05) is 31.2 Å². The average Bonchev–Trinajstić information content (AvgIpc) is 2.52. The van der Waals surface area contributed by atoms with Crippen LogP contribution in [0.3, 0.4) is 0 Å². The second-order valence-corrected chi connectivity index (χ2v) is 4.69. The third-order valence-corrected chi connectivity index (χ3v) is 3.13. The molecule has 0 aliphatic heterocycles. The Labute approximate surface area is 124 Å². The van der Waals surface area contributed by atoms with Crippen LogP contribution in [0.25, 0.3) is 0 Å². The van der Waals surface area contributed by atoms with Crippen molar-refractivity contribution in [3.8, 4) is 11.8 Å². The van der Waals surface area contributed by atoms with E-state index in [1.165, 1.54) is 0 Å². The SMILES string of the molecule is COc1ccc(C)cc1CNC(=O)c1cccc(C#N)c1. The molecule has 4 nitrogen and oxygen atoms in total. The molecule has 0 aromatic heterocycles. The number of carbonyl (C=O) groups excluding carboxylic acids is 1. The minimum absolute atomic E-state index is 0.212. The van der Waals surface area contributed by atoms with Crippen LogP contribution in [0.2, 0.25) is 0 Å². The Morgan fingerprint density at radius 1 is 1.29 bits per heavy atom. The maximum atomic E-state index is 12.1. The van der Waals surface area contributed by atoms with Crippen LogP contribution in [0.1, 0.15) is 27.0 Å². The van der Waals surface area contributed by atoms with Gasteiger partial charge in [-0.2, -0.15) is 5.26 Å². The van der Waals surface area contributed by atoms with Gasteiger partial charge in [-0.1, -0.05) is 23.8 Å². The first-order valence-electron chi connectivity index (χ1n) is 6.56. The first kappa shape index (κ1) is 14.6. The Morgan fingerprint density at radius 3 is 2.81 bits per heavy atom. The Hall–Kier alpha value is -2.80. The summed E-state index contributed by atoms with van der Waals surface area (Å²) in [5.74, 6) is 0.530. The van der Waals surface area contributed by atoms with Crippen molar-refractivity contribution in [3.63, 3.8) is 0 Å². The van der Waals surface area contributed by atoms with Crippen molar-refractivity contribution in [1.82, 2.24) is 5.32 Å². The van der Waals surface area contributed by atoms with Crippen molar-refractivity contribution in [3.05, 3.63) is 64.7 Å². The molecule has 0 aliphatic rings. The molecule has 0 unspecified atom stereocenters. The molecule has 106 valence electrons. The molecule has 4 heteroatoms. The van der Waals surface area contributed by atoms with Crippen LogP contribution >= 0.6 is 0 Å².